The highest BCUT2D eigenvalue weighted by molar-refractivity contribution is 5.70. The van der Waals surface area contributed by atoms with Gasteiger partial charge in [-0.25, -0.2) is 0 Å². The van der Waals surface area contributed by atoms with Crippen molar-refractivity contribution in [3.8, 4) is 0 Å². The maximum absolute atomic E-state index is 12.7. The zero-order valence-electron chi connectivity index (χ0n) is 40.6. The molecule has 0 N–H and O–H groups in total. The van der Waals surface area contributed by atoms with Gasteiger partial charge in [0.1, 0.15) is 6.61 Å². The van der Waals surface area contributed by atoms with Gasteiger partial charge in [0, 0.05) is 19.4 Å². The number of hydrogen-bond donors (Lipinski definition) is 0. The van der Waals surface area contributed by atoms with Gasteiger partial charge in [0.15, 0.2) is 6.10 Å². The van der Waals surface area contributed by atoms with Crippen molar-refractivity contribution in [2.45, 2.75) is 232 Å². The summed E-state index contributed by atoms with van der Waals surface area (Å²) >= 11 is 0. The second kappa shape index (κ2) is 52.2. The third-order valence-corrected chi connectivity index (χ3v) is 10.6. The SMILES string of the molecule is CC/C=C\C/C=C\C/C=C\C/C=C\C/C=C\C/C=C\CCCOCC(COC(=O)CCCCCCCCC/C=C\C/C=C\CCCCC)OC(=O)CCCCCCCCCCC. The van der Waals surface area contributed by atoms with Crippen molar-refractivity contribution in [3.63, 3.8) is 0 Å². The Morgan fingerprint density at radius 2 is 0.726 bits per heavy atom. The Balaban J connectivity index is 4.32. The third-order valence-electron chi connectivity index (χ3n) is 10.6. The molecule has 0 aromatic carbocycles. The molecule has 0 heterocycles. The minimum atomic E-state index is -0.572. The predicted molar refractivity (Wildman–Crippen MR) is 270 cm³/mol. The summed E-state index contributed by atoms with van der Waals surface area (Å²) in [7, 11) is 0. The summed E-state index contributed by atoms with van der Waals surface area (Å²) in [6.45, 7) is 7.52. The second-order valence-corrected chi connectivity index (χ2v) is 16.7. The molecule has 0 fully saturated rings. The van der Waals surface area contributed by atoms with Gasteiger partial charge in [-0.2, -0.15) is 0 Å². The number of allylic oxidation sites excluding steroid dienone is 16. The van der Waals surface area contributed by atoms with E-state index in [0.29, 0.717) is 19.4 Å². The number of rotatable bonds is 46. The Morgan fingerprint density at radius 3 is 1.19 bits per heavy atom. The van der Waals surface area contributed by atoms with E-state index < -0.39 is 6.10 Å². The lowest BCUT2D eigenvalue weighted by Crippen LogP contribution is -2.30. The molecule has 1 atom stereocenters. The standard InChI is InChI=1S/C57H96O5/c1-4-7-10-13-16-19-21-23-25-27-28-29-31-33-35-37-40-43-46-49-52-60-53-55(62-57(59)51-48-45-42-38-18-15-12-9-6-3)54-61-56(58)50-47-44-41-39-36-34-32-30-26-24-22-20-17-14-11-8-5-2/h7,10,16-17,19-20,23-26,28-29,33,35,40,43,55H,4-6,8-9,11-15,18,21-22,27,30-32,34,36-39,41-42,44-54H2,1-3H3/b10-7-,19-16-,20-17-,25-23-,26-24-,29-28-,35-33-,43-40-. The van der Waals surface area contributed by atoms with Gasteiger partial charge in [0.2, 0.25) is 0 Å². The van der Waals surface area contributed by atoms with Crippen LogP contribution in [-0.4, -0.2) is 37.9 Å². The molecule has 0 radical (unpaired) electrons. The highest BCUT2D eigenvalue weighted by Crippen LogP contribution is 2.13. The van der Waals surface area contributed by atoms with E-state index in [-0.39, 0.29) is 25.2 Å². The first-order valence-corrected chi connectivity index (χ1v) is 25.8. The molecule has 62 heavy (non-hydrogen) atoms. The van der Waals surface area contributed by atoms with Crippen LogP contribution in [0.5, 0.6) is 0 Å². The van der Waals surface area contributed by atoms with E-state index in [2.05, 4.69) is 118 Å². The number of carbonyl (C=O) groups excluding carboxylic acids is 2. The first-order valence-electron chi connectivity index (χ1n) is 25.8. The maximum Gasteiger partial charge on any atom is 0.306 e. The van der Waals surface area contributed by atoms with Gasteiger partial charge in [-0.1, -0.05) is 214 Å². The Hall–Kier alpha value is -3.18. The third kappa shape index (κ3) is 49.5. The lowest BCUT2D eigenvalue weighted by atomic mass is 10.1. The molecule has 0 amide bonds. The fraction of sp³-hybridized carbons (Fsp3) is 0.684. The van der Waals surface area contributed by atoms with Gasteiger partial charge in [-0.05, 0) is 96.3 Å². The van der Waals surface area contributed by atoms with Crippen LogP contribution in [0.25, 0.3) is 0 Å². The largest absolute Gasteiger partial charge is 0.462 e. The molecule has 0 aliphatic rings. The summed E-state index contributed by atoms with van der Waals surface area (Å²) in [5.74, 6) is -0.442. The van der Waals surface area contributed by atoms with Crippen LogP contribution < -0.4 is 0 Å². The fourth-order valence-corrected chi connectivity index (χ4v) is 6.79. The summed E-state index contributed by atoms with van der Waals surface area (Å²) < 4.78 is 17.3. The molecular formula is C57H96O5. The number of carbonyl (C=O) groups is 2. The Bertz CT molecular complexity index is 1200. The summed E-state index contributed by atoms with van der Waals surface area (Å²) in [4.78, 5) is 25.3. The molecule has 5 nitrogen and oxygen atoms in total. The minimum Gasteiger partial charge on any atom is -0.462 e. The average molecular weight is 861 g/mol. The molecule has 0 aromatic rings. The average Bonchev–Trinajstić information content (AvgIpc) is 3.27. The quantitative estimate of drug-likeness (QED) is 0.0347. The van der Waals surface area contributed by atoms with Crippen molar-refractivity contribution < 1.29 is 23.8 Å². The highest BCUT2D eigenvalue weighted by atomic mass is 16.6. The Kier molecular flexibility index (Phi) is 49.5. The predicted octanol–water partition coefficient (Wildman–Crippen LogP) is 17.5. The normalized spacial score (nSPS) is 13.0. The van der Waals surface area contributed by atoms with E-state index in [1.54, 1.807) is 0 Å². The molecule has 0 saturated carbocycles. The molecule has 0 bridgehead atoms. The van der Waals surface area contributed by atoms with Gasteiger partial charge in [0.25, 0.3) is 0 Å². The fourth-order valence-electron chi connectivity index (χ4n) is 6.79. The molecule has 5 heteroatoms. The monoisotopic (exact) mass is 861 g/mol. The van der Waals surface area contributed by atoms with E-state index >= 15 is 0 Å². The zero-order chi connectivity index (χ0) is 44.9. The molecule has 0 saturated heterocycles. The second-order valence-electron chi connectivity index (χ2n) is 16.7. The van der Waals surface area contributed by atoms with Crippen LogP contribution in [0.2, 0.25) is 0 Å². The van der Waals surface area contributed by atoms with E-state index in [0.717, 1.165) is 96.3 Å². The van der Waals surface area contributed by atoms with Crippen LogP contribution in [0.3, 0.4) is 0 Å². The van der Waals surface area contributed by atoms with Crippen LogP contribution in [0.1, 0.15) is 226 Å². The van der Waals surface area contributed by atoms with Crippen molar-refractivity contribution in [1.82, 2.24) is 0 Å². The minimum absolute atomic E-state index is 0.0547. The smallest absolute Gasteiger partial charge is 0.306 e. The first kappa shape index (κ1) is 58.8. The van der Waals surface area contributed by atoms with Crippen molar-refractivity contribution in [2.75, 3.05) is 19.8 Å². The summed E-state index contributed by atoms with van der Waals surface area (Å²) in [6.07, 6.45) is 70.0. The molecule has 354 valence electrons. The molecule has 0 aromatic heterocycles. The lowest BCUT2D eigenvalue weighted by Gasteiger charge is -2.18. The van der Waals surface area contributed by atoms with Gasteiger partial charge in [-0.15, -0.1) is 0 Å². The van der Waals surface area contributed by atoms with Crippen LogP contribution in [0, 0.1) is 0 Å². The van der Waals surface area contributed by atoms with Crippen molar-refractivity contribution in [3.05, 3.63) is 97.2 Å². The van der Waals surface area contributed by atoms with E-state index in [9.17, 15) is 9.59 Å². The van der Waals surface area contributed by atoms with Gasteiger partial charge in [0.05, 0.1) is 6.61 Å². The van der Waals surface area contributed by atoms with Crippen molar-refractivity contribution >= 4 is 11.9 Å². The van der Waals surface area contributed by atoms with E-state index in [1.165, 1.54) is 96.3 Å². The Labute approximate surface area is 383 Å². The molecular weight excluding hydrogens is 765 g/mol. The summed E-state index contributed by atoms with van der Waals surface area (Å²) in [6, 6.07) is 0. The Morgan fingerprint density at radius 1 is 0.371 bits per heavy atom. The van der Waals surface area contributed by atoms with Gasteiger partial charge in [-0.3, -0.25) is 9.59 Å². The van der Waals surface area contributed by atoms with E-state index in [1.807, 2.05) is 0 Å². The van der Waals surface area contributed by atoms with Crippen LogP contribution >= 0.6 is 0 Å². The molecule has 0 aliphatic carbocycles. The number of unbranched alkanes of at least 4 members (excludes halogenated alkanes) is 19. The number of ether oxygens (including phenoxy) is 3. The first-order chi connectivity index (χ1) is 30.6. The van der Waals surface area contributed by atoms with Crippen molar-refractivity contribution in [2.24, 2.45) is 0 Å². The molecule has 0 aliphatic heterocycles. The molecule has 0 spiro atoms. The summed E-state index contributed by atoms with van der Waals surface area (Å²) in [5, 5.41) is 0. The van der Waals surface area contributed by atoms with Gasteiger partial charge < -0.3 is 14.2 Å². The van der Waals surface area contributed by atoms with E-state index in [4.69, 9.17) is 14.2 Å². The maximum atomic E-state index is 12.7. The van der Waals surface area contributed by atoms with Gasteiger partial charge >= 0.3 is 11.9 Å². The lowest BCUT2D eigenvalue weighted by molar-refractivity contribution is -0.163. The van der Waals surface area contributed by atoms with Crippen LogP contribution in [0.4, 0.5) is 0 Å². The van der Waals surface area contributed by atoms with Crippen LogP contribution in [-0.2, 0) is 23.8 Å². The van der Waals surface area contributed by atoms with Crippen molar-refractivity contribution in [1.29, 1.82) is 0 Å². The summed E-state index contributed by atoms with van der Waals surface area (Å²) in [5.41, 5.74) is 0. The number of hydrogen-bond acceptors (Lipinski definition) is 5. The van der Waals surface area contributed by atoms with Crippen LogP contribution in [0.15, 0.2) is 97.2 Å². The molecule has 0 rings (SSSR count). The highest BCUT2D eigenvalue weighted by Gasteiger charge is 2.17. The number of esters is 2. The topological polar surface area (TPSA) is 61.8 Å². The zero-order valence-corrected chi connectivity index (χ0v) is 40.6. The molecule has 1 unspecified atom stereocenters.